The van der Waals surface area contributed by atoms with Crippen molar-refractivity contribution < 1.29 is 17.4 Å². The number of imidazole rings is 1. The number of anilines is 1. The number of benzene rings is 2. The summed E-state index contributed by atoms with van der Waals surface area (Å²) in [6.07, 6.45) is 4.11. The lowest BCUT2D eigenvalue weighted by atomic mass is 10.1. The molecule has 1 aliphatic rings. The van der Waals surface area contributed by atoms with E-state index in [9.17, 15) is 17.4 Å². The molecule has 0 bridgehead atoms. The zero-order valence-corrected chi connectivity index (χ0v) is 24.3. The van der Waals surface area contributed by atoms with Gasteiger partial charge in [-0.25, -0.2) is 13.4 Å². The van der Waals surface area contributed by atoms with Crippen LogP contribution in [0.2, 0.25) is 5.02 Å². The number of halogens is 1. The summed E-state index contributed by atoms with van der Waals surface area (Å²) in [6.45, 7) is 3.59. The average Bonchev–Trinajstić information content (AvgIpc) is 3.30. The lowest BCUT2D eigenvalue weighted by Gasteiger charge is -2.42. The van der Waals surface area contributed by atoms with Gasteiger partial charge in [0.15, 0.2) is 9.84 Å². The molecule has 5 rings (SSSR count). The SMILES string of the molecule is Cc1cn2c(N3CCN(C(=O)CCS(=O)(=O)c4ccc5cc(Cl)ccc5c4)C(CCS(C)=O)C3)cccc2n1. The summed E-state index contributed by atoms with van der Waals surface area (Å²) in [5.74, 6) is 0.985. The highest BCUT2D eigenvalue weighted by molar-refractivity contribution is 7.91. The molecule has 8 nitrogen and oxygen atoms in total. The molecular formula is C28H31ClN4O4S2. The number of sulfone groups is 1. The Morgan fingerprint density at radius 3 is 2.67 bits per heavy atom. The Morgan fingerprint density at radius 1 is 1.10 bits per heavy atom. The summed E-state index contributed by atoms with van der Waals surface area (Å²) in [7, 11) is -4.67. The Labute approximate surface area is 236 Å². The second-order valence-corrected chi connectivity index (χ2v) is 14.1. The molecule has 0 aliphatic carbocycles. The molecule has 0 spiro atoms. The van der Waals surface area contributed by atoms with Gasteiger partial charge in [0.25, 0.3) is 0 Å². The van der Waals surface area contributed by atoms with Crippen molar-refractivity contribution >= 4 is 60.4 Å². The van der Waals surface area contributed by atoms with Gasteiger partial charge in [0, 0.05) is 60.1 Å². The van der Waals surface area contributed by atoms with Gasteiger partial charge in [-0.05, 0) is 60.5 Å². The summed E-state index contributed by atoms with van der Waals surface area (Å²) in [4.78, 5) is 22.1. The van der Waals surface area contributed by atoms with E-state index >= 15 is 0 Å². The third-order valence-corrected chi connectivity index (χ3v) is 9.93. The van der Waals surface area contributed by atoms with Crippen molar-refractivity contribution in [2.75, 3.05) is 42.3 Å². The number of nitrogens with zero attached hydrogens (tertiary/aromatic N) is 4. The van der Waals surface area contributed by atoms with Crippen molar-refractivity contribution in [3.8, 4) is 0 Å². The molecule has 1 fully saturated rings. The van der Waals surface area contributed by atoms with E-state index in [2.05, 4.69) is 9.88 Å². The van der Waals surface area contributed by atoms with Gasteiger partial charge in [0.05, 0.1) is 22.4 Å². The molecule has 1 aliphatic heterocycles. The minimum atomic E-state index is -3.66. The number of fused-ring (bicyclic) bond motifs is 2. The summed E-state index contributed by atoms with van der Waals surface area (Å²) in [5.41, 5.74) is 1.78. The highest BCUT2D eigenvalue weighted by Crippen LogP contribution is 2.26. The predicted molar refractivity (Wildman–Crippen MR) is 157 cm³/mol. The standard InChI is InChI=1S/C28H31ClN4O4S2/c1-20-18-33-26(30-20)4-3-5-27(33)31-12-13-32(24(19-31)10-14-38(2)35)28(34)11-15-39(36,37)25-9-7-21-16-23(29)8-6-22(21)17-25/h3-9,16-18,24H,10-15,19H2,1-2H3. The predicted octanol–water partition coefficient (Wildman–Crippen LogP) is 4.10. The van der Waals surface area contributed by atoms with Crippen LogP contribution in [0.1, 0.15) is 18.5 Å². The van der Waals surface area contributed by atoms with Crippen LogP contribution < -0.4 is 4.90 Å². The van der Waals surface area contributed by atoms with E-state index < -0.39 is 20.6 Å². The van der Waals surface area contributed by atoms with E-state index in [1.54, 1.807) is 47.6 Å². The fraction of sp³-hybridized carbons (Fsp3) is 0.357. The Bertz CT molecular complexity index is 1670. The van der Waals surface area contributed by atoms with Gasteiger partial charge in [-0.2, -0.15) is 0 Å². The first kappa shape index (κ1) is 27.6. The Morgan fingerprint density at radius 2 is 1.87 bits per heavy atom. The van der Waals surface area contributed by atoms with Crippen LogP contribution in [0.4, 0.5) is 5.82 Å². The molecule has 1 amide bonds. The number of amides is 1. The molecule has 0 radical (unpaired) electrons. The highest BCUT2D eigenvalue weighted by atomic mass is 35.5. The van der Waals surface area contributed by atoms with E-state index in [0.717, 1.165) is 27.9 Å². The molecule has 1 saturated heterocycles. The minimum Gasteiger partial charge on any atom is -0.354 e. The van der Waals surface area contributed by atoms with Crippen molar-refractivity contribution in [2.24, 2.45) is 0 Å². The molecule has 39 heavy (non-hydrogen) atoms. The van der Waals surface area contributed by atoms with Gasteiger partial charge in [-0.1, -0.05) is 29.8 Å². The second kappa shape index (κ2) is 11.3. The van der Waals surface area contributed by atoms with Gasteiger partial charge in [-0.3, -0.25) is 13.4 Å². The van der Waals surface area contributed by atoms with Crippen LogP contribution in [-0.2, 0) is 25.4 Å². The maximum atomic E-state index is 13.4. The van der Waals surface area contributed by atoms with Gasteiger partial charge >= 0.3 is 0 Å². The van der Waals surface area contributed by atoms with E-state index in [0.29, 0.717) is 36.8 Å². The smallest absolute Gasteiger partial charge is 0.223 e. The lowest BCUT2D eigenvalue weighted by Crippen LogP contribution is -2.56. The first-order valence-electron chi connectivity index (χ1n) is 12.8. The van der Waals surface area contributed by atoms with Crippen molar-refractivity contribution in [3.05, 3.63) is 71.5 Å². The van der Waals surface area contributed by atoms with Crippen LogP contribution >= 0.6 is 11.6 Å². The molecule has 0 saturated carbocycles. The number of pyridine rings is 1. The summed E-state index contributed by atoms with van der Waals surface area (Å²) >= 11 is 6.04. The number of carbonyl (C=O) groups is 1. The zero-order valence-electron chi connectivity index (χ0n) is 21.9. The molecule has 2 unspecified atom stereocenters. The Kier molecular flexibility index (Phi) is 7.98. The van der Waals surface area contributed by atoms with Gasteiger partial charge in [-0.15, -0.1) is 0 Å². The highest BCUT2D eigenvalue weighted by Gasteiger charge is 2.32. The van der Waals surface area contributed by atoms with Gasteiger partial charge in [0.2, 0.25) is 5.91 Å². The topological polar surface area (TPSA) is 92.1 Å². The van der Waals surface area contributed by atoms with Crippen molar-refractivity contribution in [1.82, 2.24) is 14.3 Å². The van der Waals surface area contributed by atoms with Crippen LogP contribution in [0.5, 0.6) is 0 Å². The van der Waals surface area contributed by atoms with Gasteiger partial charge in [0.1, 0.15) is 11.5 Å². The number of aromatic nitrogens is 2. The fourth-order valence-corrected chi connectivity index (χ4v) is 7.23. The first-order chi connectivity index (χ1) is 18.6. The minimum absolute atomic E-state index is 0.108. The molecular weight excluding hydrogens is 556 g/mol. The summed E-state index contributed by atoms with van der Waals surface area (Å²) < 4.78 is 40.2. The largest absolute Gasteiger partial charge is 0.354 e. The molecule has 206 valence electrons. The van der Waals surface area contributed by atoms with Crippen molar-refractivity contribution in [1.29, 1.82) is 0 Å². The molecule has 11 heteroatoms. The molecule has 2 aromatic carbocycles. The summed E-state index contributed by atoms with van der Waals surface area (Å²) in [6, 6.07) is 16.0. The third kappa shape index (κ3) is 6.13. The third-order valence-electron chi connectivity index (χ3n) is 7.17. The average molecular weight is 587 g/mol. The molecule has 0 N–H and O–H groups in total. The molecule has 2 atom stereocenters. The maximum Gasteiger partial charge on any atom is 0.223 e. The van der Waals surface area contributed by atoms with E-state index in [4.69, 9.17) is 11.6 Å². The molecule has 4 aromatic rings. The van der Waals surface area contributed by atoms with Crippen LogP contribution in [0.25, 0.3) is 16.4 Å². The normalized spacial score (nSPS) is 17.2. The number of rotatable bonds is 8. The van der Waals surface area contributed by atoms with Crippen LogP contribution in [0, 0.1) is 6.92 Å². The number of piperazine rings is 1. The van der Waals surface area contributed by atoms with Crippen LogP contribution in [0.15, 0.2) is 65.7 Å². The Balaban J connectivity index is 1.31. The van der Waals surface area contributed by atoms with E-state index in [-0.39, 0.29) is 29.0 Å². The quantitative estimate of drug-likeness (QED) is 0.309. The number of hydrogen-bond donors (Lipinski definition) is 0. The second-order valence-electron chi connectivity index (χ2n) is 9.97. The summed E-state index contributed by atoms with van der Waals surface area (Å²) in [5, 5.41) is 2.22. The van der Waals surface area contributed by atoms with Crippen LogP contribution in [-0.4, -0.2) is 76.3 Å². The number of carbonyl (C=O) groups excluding carboxylic acids is 1. The maximum absolute atomic E-state index is 13.4. The van der Waals surface area contributed by atoms with Crippen molar-refractivity contribution in [3.63, 3.8) is 0 Å². The monoisotopic (exact) mass is 586 g/mol. The fourth-order valence-electron chi connectivity index (χ4n) is 5.19. The Hall–Kier alpha value is -2.95. The lowest BCUT2D eigenvalue weighted by molar-refractivity contribution is -0.133. The zero-order chi connectivity index (χ0) is 27.7. The van der Waals surface area contributed by atoms with Crippen molar-refractivity contribution in [2.45, 2.75) is 30.7 Å². The van der Waals surface area contributed by atoms with E-state index in [1.807, 2.05) is 35.7 Å². The first-order valence-corrected chi connectivity index (χ1v) is 16.6. The van der Waals surface area contributed by atoms with Gasteiger partial charge < -0.3 is 9.80 Å². The molecule has 2 aromatic heterocycles. The number of aryl methyl sites for hydroxylation is 1. The molecule has 3 heterocycles. The van der Waals surface area contributed by atoms with Crippen LogP contribution in [0.3, 0.4) is 0 Å². The van der Waals surface area contributed by atoms with E-state index in [1.165, 1.54) is 0 Å². The number of hydrogen-bond acceptors (Lipinski definition) is 6.